The molecule has 1 aliphatic heterocycles. The average molecular weight is 340 g/mol. The third kappa shape index (κ3) is 4.50. The first-order valence-corrected chi connectivity index (χ1v) is 8.20. The van der Waals surface area contributed by atoms with E-state index in [1.165, 1.54) is 23.3 Å². The van der Waals surface area contributed by atoms with Crippen LogP contribution in [0.2, 0.25) is 0 Å². The summed E-state index contributed by atoms with van der Waals surface area (Å²) in [5.74, 6) is -0.00117. The maximum Gasteiger partial charge on any atom is 0.335 e. The molecule has 0 bridgehead atoms. The van der Waals surface area contributed by atoms with E-state index < -0.39 is 5.97 Å². The first-order chi connectivity index (χ1) is 12.1. The van der Waals surface area contributed by atoms with E-state index in [-0.39, 0.29) is 11.6 Å². The fourth-order valence-electron chi connectivity index (χ4n) is 2.73. The molecule has 0 aromatic heterocycles. The molecule has 0 unspecified atom stereocenters. The number of hydrogen-bond acceptors (Lipinski definition) is 3. The van der Waals surface area contributed by atoms with Gasteiger partial charge in [0, 0.05) is 19.5 Å². The first-order valence-electron chi connectivity index (χ1n) is 8.20. The molecule has 0 saturated carbocycles. The molecular formula is C19H20N2O4. The van der Waals surface area contributed by atoms with E-state index in [1.807, 2.05) is 12.1 Å². The van der Waals surface area contributed by atoms with Gasteiger partial charge in [-0.05, 0) is 41.3 Å². The predicted molar refractivity (Wildman–Crippen MR) is 93.0 cm³/mol. The highest BCUT2D eigenvalue weighted by atomic mass is 16.5. The van der Waals surface area contributed by atoms with E-state index >= 15 is 0 Å². The Kier molecular flexibility index (Phi) is 5.18. The summed E-state index contributed by atoms with van der Waals surface area (Å²) >= 11 is 0. The van der Waals surface area contributed by atoms with Crippen LogP contribution >= 0.6 is 0 Å². The third-order valence-corrected chi connectivity index (χ3v) is 4.11. The van der Waals surface area contributed by atoms with E-state index in [0.29, 0.717) is 13.1 Å². The number of carboxylic acid groups (broad SMARTS) is 1. The molecule has 0 fully saturated rings. The Morgan fingerprint density at radius 3 is 2.56 bits per heavy atom. The lowest BCUT2D eigenvalue weighted by Crippen LogP contribution is -2.36. The SMILES string of the molecule is O=C(NCCc1ccc2c(c1)CCO2)NCc1ccc(C(=O)O)cc1. The van der Waals surface area contributed by atoms with E-state index in [1.54, 1.807) is 12.1 Å². The van der Waals surface area contributed by atoms with Crippen molar-refractivity contribution in [3.63, 3.8) is 0 Å². The fraction of sp³-hybridized carbons (Fsp3) is 0.263. The van der Waals surface area contributed by atoms with Crippen LogP contribution in [0.15, 0.2) is 42.5 Å². The van der Waals surface area contributed by atoms with Gasteiger partial charge >= 0.3 is 12.0 Å². The third-order valence-electron chi connectivity index (χ3n) is 4.11. The number of fused-ring (bicyclic) bond motifs is 1. The molecule has 1 aliphatic rings. The topological polar surface area (TPSA) is 87.7 Å². The average Bonchev–Trinajstić information content (AvgIpc) is 3.08. The quantitative estimate of drug-likeness (QED) is 0.753. The molecule has 0 spiro atoms. The Morgan fingerprint density at radius 1 is 1.04 bits per heavy atom. The first kappa shape index (κ1) is 16.8. The maximum atomic E-state index is 11.8. The van der Waals surface area contributed by atoms with Gasteiger partial charge in [0.05, 0.1) is 12.2 Å². The number of benzene rings is 2. The number of aromatic carboxylic acids is 1. The van der Waals surface area contributed by atoms with Crippen molar-refractivity contribution >= 4 is 12.0 Å². The second-order valence-electron chi connectivity index (χ2n) is 5.90. The monoisotopic (exact) mass is 340 g/mol. The van der Waals surface area contributed by atoms with Gasteiger partial charge in [-0.2, -0.15) is 0 Å². The standard InChI is InChI=1S/C19H20N2O4/c22-18(23)15-4-1-14(2-5-15)12-21-19(24)20-9-7-13-3-6-17-16(11-13)8-10-25-17/h1-6,11H,7-10,12H2,(H,22,23)(H2,20,21,24). The van der Waals surface area contributed by atoms with Crippen molar-refractivity contribution in [2.24, 2.45) is 0 Å². The summed E-state index contributed by atoms with van der Waals surface area (Å²) in [5.41, 5.74) is 3.48. The highest BCUT2D eigenvalue weighted by Gasteiger charge is 2.11. The number of carbonyl (C=O) groups excluding carboxylic acids is 1. The number of carboxylic acids is 1. The van der Waals surface area contributed by atoms with Crippen LogP contribution in [0.5, 0.6) is 5.75 Å². The van der Waals surface area contributed by atoms with E-state index in [9.17, 15) is 9.59 Å². The summed E-state index contributed by atoms with van der Waals surface area (Å²) in [5, 5.41) is 14.4. The van der Waals surface area contributed by atoms with Gasteiger partial charge in [-0.1, -0.05) is 24.3 Å². The summed E-state index contributed by atoms with van der Waals surface area (Å²) in [4.78, 5) is 22.6. The van der Waals surface area contributed by atoms with Crippen molar-refractivity contribution in [1.29, 1.82) is 0 Å². The molecule has 25 heavy (non-hydrogen) atoms. The van der Waals surface area contributed by atoms with Gasteiger partial charge in [0.1, 0.15) is 5.75 Å². The molecule has 6 nitrogen and oxygen atoms in total. The van der Waals surface area contributed by atoms with E-state index in [2.05, 4.69) is 16.7 Å². The van der Waals surface area contributed by atoms with Gasteiger partial charge in [0.25, 0.3) is 0 Å². The Balaban J connectivity index is 1.40. The van der Waals surface area contributed by atoms with Crippen molar-refractivity contribution in [3.05, 3.63) is 64.7 Å². The van der Waals surface area contributed by atoms with Crippen molar-refractivity contribution < 1.29 is 19.4 Å². The molecule has 2 aromatic rings. The van der Waals surface area contributed by atoms with Crippen LogP contribution in [-0.4, -0.2) is 30.3 Å². The molecule has 3 N–H and O–H groups in total. The van der Waals surface area contributed by atoms with Crippen molar-refractivity contribution in [3.8, 4) is 5.75 Å². The van der Waals surface area contributed by atoms with Crippen LogP contribution in [0.25, 0.3) is 0 Å². The molecule has 1 heterocycles. The van der Waals surface area contributed by atoms with Gasteiger partial charge in [-0.3, -0.25) is 0 Å². The predicted octanol–water partition coefficient (Wildman–Crippen LogP) is 2.36. The Labute approximate surface area is 145 Å². The Hall–Kier alpha value is -3.02. The maximum absolute atomic E-state index is 11.8. The number of urea groups is 1. The summed E-state index contributed by atoms with van der Waals surface area (Å²) in [7, 11) is 0. The Morgan fingerprint density at radius 2 is 1.80 bits per heavy atom. The van der Waals surface area contributed by atoms with E-state index in [0.717, 1.165) is 30.8 Å². The van der Waals surface area contributed by atoms with Crippen molar-refractivity contribution in [2.75, 3.05) is 13.2 Å². The minimum Gasteiger partial charge on any atom is -0.493 e. The number of rotatable bonds is 6. The number of amides is 2. The van der Waals surface area contributed by atoms with Crippen molar-refractivity contribution in [2.45, 2.75) is 19.4 Å². The van der Waals surface area contributed by atoms with Gasteiger partial charge in [0.2, 0.25) is 0 Å². The summed E-state index contributed by atoms with van der Waals surface area (Å²) in [6.07, 6.45) is 1.70. The minimum absolute atomic E-state index is 0.230. The van der Waals surface area contributed by atoms with Crippen LogP contribution in [0.4, 0.5) is 4.79 Å². The second kappa shape index (κ2) is 7.70. The normalized spacial score (nSPS) is 12.2. The van der Waals surface area contributed by atoms with E-state index in [4.69, 9.17) is 9.84 Å². The second-order valence-corrected chi connectivity index (χ2v) is 5.90. The molecule has 0 aliphatic carbocycles. The van der Waals surface area contributed by atoms with Gasteiger partial charge < -0.3 is 20.5 Å². The number of carbonyl (C=O) groups is 2. The number of hydrogen-bond donors (Lipinski definition) is 3. The van der Waals surface area contributed by atoms with Crippen LogP contribution < -0.4 is 15.4 Å². The zero-order valence-electron chi connectivity index (χ0n) is 13.7. The number of nitrogens with one attached hydrogen (secondary N) is 2. The fourth-order valence-corrected chi connectivity index (χ4v) is 2.73. The summed E-state index contributed by atoms with van der Waals surface area (Å²) in [6.45, 7) is 1.64. The summed E-state index contributed by atoms with van der Waals surface area (Å²) < 4.78 is 5.48. The highest BCUT2D eigenvalue weighted by Crippen LogP contribution is 2.25. The molecule has 3 rings (SSSR count). The van der Waals surface area contributed by atoms with Crippen LogP contribution in [0.1, 0.15) is 27.0 Å². The Bertz CT molecular complexity index is 771. The van der Waals surface area contributed by atoms with Crippen LogP contribution in [0.3, 0.4) is 0 Å². The molecule has 6 heteroatoms. The van der Waals surface area contributed by atoms with Crippen molar-refractivity contribution in [1.82, 2.24) is 10.6 Å². The number of ether oxygens (including phenoxy) is 1. The van der Waals surface area contributed by atoms with Gasteiger partial charge in [-0.25, -0.2) is 9.59 Å². The molecule has 130 valence electrons. The van der Waals surface area contributed by atoms with Crippen LogP contribution in [-0.2, 0) is 19.4 Å². The lowest BCUT2D eigenvalue weighted by atomic mass is 10.1. The molecular weight excluding hydrogens is 320 g/mol. The molecule has 0 atom stereocenters. The minimum atomic E-state index is -0.963. The smallest absolute Gasteiger partial charge is 0.335 e. The molecule has 0 saturated heterocycles. The molecule has 2 amide bonds. The molecule has 2 aromatic carbocycles. The van der Waals surface area contributed by atoms with Gasteiger partial charge in [-0.15, -0.1) is 0 Å². The van der Waals surface area contributed by atoms with Crippen LogP contribution in [0, 0.1) is 0 Å². The highest BCUT2D eigenvalue weighted by molar-refractivity contribution is 5.87. The zero-order valence-corrected chi connectivity index (χ0v) is 13.7. The van der Waals surface area contributed by atoms with Gasteiger partial charge in [0.15, 0.2) is 0 Å². The molecule has 0 radical (unpaired) electrons. The lowest BCUT2D eigenvalue weighted by molar-refractivity contribution is 0.0697. The summed E-state index contributed by atoms with van der Waals surface area (Å²) in [6, 6.07) is 12.3. The lowest BCUT2D eigenvalue weighted by Gasteiger charge is -2.09. The zero-order chi connectivity index (χ0) is 17.6. The largest absolute Gasteiger partial charge is 0.493 e.